The molecule has 0 unspecified atom stereocenters. The molecule has 0 saturated heterocycles. The molecule has 0 fully saturated rings. The fourth-order valence-corrected chi connectivity index (χ4v) is 2.88. The van der Waals surface area contributed by atoms with Gasteiger partial charge in [-0.25, -0.2) is 0 Å². The van der Waals surface area contributed by atoms with Gasteiger partial charge in [0.1, 0.15) is 0 Å². The van der Waals surface area contributed by atoms with E-state index in [1.165, 1.54) is 15.6 Å². The van der Waals surface area contributed by atoms with E-state index in [1.807, 2.05) is 24.4 Å². The third-order valence-corrected chi connectivity index (χ3v) is 3.81. The number of benzene rings is 1. The molecule has 0 atom stereocenters. The van der Waals surface area contributed by atoms with Crippen molar-refractivity contribution in [2.24, 2.45) is 0 Å². The maximum atomic E-state index is 11.6. The largest absolute Gasteiger partial charge is 0.311 e. The number of nitrogens with zero attached hydrogens (tertiary/aromatic N) is 1. The quantitative estimate of drug-likeness (QED) is 0.675. The predicted octanol–water partition coefficient (Wildman–Crippen LogP) is 3.11. The van der Waals surface area contributed by atoms with E-state index in [4.69, 9.17) is 0 Å². The normalized spacial score (nSPS) is 10.8. The van der Waals surface area contributed by atoms with Gasteiger partial charge in [-0.1, -0.05) is 24.3 Å². The van der Waals surface area contributed by atoms with E-state index >= 15 is 0 Å². The zero-order valence-electron chi connectivity index (χ0n) is 9.17. The molecule has 0 spiro atoms. The Kier molecular flexibility index (Phi) is 2.53. The minimum absolute atomic E-state index is 0.0442. The van der Waals surface area contributed by atoms with Crippen molar-refractivity contribution >= 4 is 21.4 Å². The fourth-order valence-electron chi connectivity index (χ4n) is 1.93. The van der Waals surface area contributed by atoms with Crippen LogP contribution in [0.2, 0.25) is 0 Å². The van der Waals surface area contributed by atoms with Gasteiger partial charge in [-0.15, -0.1) is 11.3 Å². The SMILES string of the molecule is O=c1ccccn1Cc1csc2ccccc12. The Labute approximate surface area is 103 Å². The lowest BCUT2D eigenvalue weighted by Crippen LogP contribution is -2.17. The van der Waals surface area contributed by atoms with Crippen molar-refractivity contribution in [1.29, 1.82) is 0 Å². The number of hydrogen-bond donors (Lipinski definition) is 0. The predicted molar refractivity (Wildman–Crippen MR) is 71.6 cm³/mol. The summed E-state index contributed by atoms with van der Waals surface area (Å²) in [5.41, 5.74) is 1.25. The highest BCUT2D eigenvalue weighted by atomic mass is 32.1. The van der Waals surface area contributed by atoms with Crippen molar-refractivity contribution in [3.05, 3.63) is 70.0 Å². The molecule has 0 aliphatic heterocycles. The number of fused-ring (bicyclic) bond motifs is 1. The number of thiophene rings is 1. The molecular formula is C14H11NOS. The van der Waals surface area contributed by atoms with Crippen molar-refractivity contribution in [2.45, 2.75) is 6.54 Å². The molecule has 0 amide bonds. The highest BCUT2D eigenvalue weighted by molar-refractivity contribution is 7.17. The molecule has 0 aliphatic rings. The van der Waals surface area contributed by atoms with Crippen molar-refractivity contribution in [2.75, 3.05) is 0 Å². The van der Waals surface area contributed by atoms with Crippen LogP contribution in [0.4, 0.5) is 0 Å². The smallest absolute Gasteiger partial charge is 0.250 e. The summed E-state index contributed by atoms with van der Waals surface area (Å²) >= 11 is 1.72. The van der Waals surface area contributed by atoms with E-state index in [2.05, 4.69) is 17.5 Å². The standard InChI is InChI=1S/C14H11NOS/c16-14-7-3-4-8-15(14)9-11-10-17-13-6-2-1-5-12(11)13/h1-8,10H,9H2. The van der Waals surface area contributed by atoms with E-state index in [-0.39, 0.29) is 5.56 Å². The van der Waals surface area contributed by atoms with Crippen LogP contribution in [0.1, 0.15) is 5.56 Å². The minimum atomic E-state index is 0.0442. The van der Waals surface area contributed by atoms with Crippen molar-refractivity contribution < 1.29 is 0 Å². The Morgan fingerprint density at radius 2 is 1.88 bits per heavy atom. The average Bonchev–Trinajstić information content (AvgIpc) is 2.76. The fraction of sp³-hybridized carbons (Fsp3) is 0.0714. The Hall–Kier alpha value is -1.87. The third kappa shape index (κ3) is 1.89. The van der Waals surface area contributed by atoms with Crippen molar-refractivity contribution in [1.82, 2.24) is 4.57 Å². The molecular weight excluding hydrogens is 230 g/mol. The maximum Gasteiger partial charge on any atom is 0.250 e. The molecule has 3 heteroatoms. The molecule has 0 radical (unpaired) electrons. The Bertz CT molecular complexity index is 711. The highest BCUT2D eigenvalue weighted by Crippen LogP contribution is 2.25. The van der Waals surface area contributed by atoms with Gasteiger partial charge in [0.25, 0.3) is 5.56 Å². The van der Waals surface area contributed by atoms with Crippen LogP contribution in [0.5, 0.6) is 0 Å². The van der Waals surface area contributed by atoms with E-state index in [1.54, 1.807) is 28.0 Å². The monoisotopic (exact) mass is 241 g/mol. The van der Waals surface area contributed by atoms with Crippen LogP contribution in [0.25, 0.3) is 10.1 Å². The second-order valence-electron chi connectivity index (χ2n) is 3.92. The average molecular weight is 241 g/mol. The first kappa shape index (κ1) is 10.3. The Morgan fingerprint density at radius 1 is 1.06 bits per heavy atom. The van der Waals surface area contributed by atoms with Gasteiger partial charge in [-0.3, -0.25) is 4.79 Å². The highest BCUT2D eigenvalue weighted by Gasteiger charge is 2.04. The maximum absolute atomic E-state index is 11.6. The van der Waals surface area contributed by atoms with Gasteiger partial charge in [-0.2, -0.15) is 0 Å². The summed E-state index contributed by atoms with van der Waals surface area (Å²) in [5, 5.41) is 3.37. The summed E-state index contributed by atoms with van der Waals surface area (Å²) in [5.74, 6) is 0. The van der Waals surface area contributed by atoms with Gasteiger partial charge in [0.2, 0.25) is 0 Å². The van der Waals surface area contributed by atoms with E-state index in [9.17, 15) is 4.79 Å². The van der Waals surface area contributed by atoms with Gasteiger partial charge in [0.05, 0.1) is 6.54 Å². The minimum Gasteiger partial charge on any atom is -0.311 e. The molecule has 0 aliphatic carbocycles. The first-order chi connectivity index (χ1) is 8.34. The number of aromatic nitrogens is 1. The Balaban J connectivity index is 2.06. The van der Waals surface area contributed by atoms with Crippen LogP contribution < -0.4 is 5.56 Å². The lowest BCUT2D eigenvalue weighted by atomic mass is 10.2. The number of pyridine rings is 1. The molecule has 0 saturated carbocycles. The molecule has 17 heavy (non-hydrogen) atoms. The van der Waals surface area contributed by atoms with Crippen LogP contribution in [0, 0.1) is 0 Å². The van der Waals surface area contributed by atoms with Gasteiger partial charge in [0.15, 0.2) is 0 Å². The zero-order chi connectivity index (χ0) is 11.7. The molecule has 3 aromatic rings. The van der Waals surface area contributed by atoms with Gasteiger partial charge in [0, 0.05) is 17.0 Å². The summed E-state index contributed by atoms with van der Waals surface area (Å²) in [6, 6.07) is 13.5. The van der Waals surface area contributed by atoms with Crippen molar-refractivity contribution in [3.8, 4) is 0 Å². The molecule has 0 bridgehead atoms. The second-order valence-corrected chi connectivity index (χ2v) is 4.84. The molecule has 2 nitrogen and oxygen atoms in total. The molecule has 3 rings (SSSR count). The molecule has 1 aromatic carbocycles. The van der Waals surface area contributed by atoms with Crippen LogP contribution >= 0.6 is 11.3 Å². The van der Waals surface area contributed by atoms with Gasteiger partial charge >= 0.3 is 0 Å². The molecule has 0 N–H and O–H groups in total. The number of rotatable bonds is 2. The van der Waals surface area contributed by atoms with Gasteiger partial charge < -0.3 is 4.57 Å². The molecule has 84 valence electrons. The van der Waals surface area contributed by atoms with E-state index < -0.39 is 0 Å². The lowest BCUT2D eigenvalue weighted by molar-refractivity contribution is 0.766. The van der Waals surface area contributed by atoms with Crippen LogP contribution in [0.3, 0.4) is 0 Å². The first-order valence-corrected chi connectivity index (χ1v) is 6.33. The third-order valence-electron chi connectivity index (χ3n) is 2.80. The summed E-state index contributed by atoms with van der Waals surface area (Å²) in [4.78, 5) is 11.6. The van der Waals surface area contributed by atoms with Gasteiger partial charge in [-0.05, 0) is 28.5 Å². The van der Waals surface area contributed by atoms with Crippen LogP contribution in [-0.4, -0.2) is 4.57 Å². The molecule has 2 heterocycles. The zero-order valence-corrected chi connectivity index (χ0v) is 9.98. The Morgan fingerprint density at radius 3 is 2.76 bits per heavy atom. The summed E-state index contributed by atoms with van der Waals surface area (Å²) < 4.78 is 3.00. The summed E-state index contributed by atoms with van der Waals surface area (Å²) in [6.45, 7) is 0.643. The second kappa shape index (κ2) is 4.18. The van der Waals surface area contributed by atoms with E-state index in [0.29, 0.717) is 6.54 Å². The summed E-state index contributed by atoms with van der Waals surface area (Å²) in [6.07, 6.45) is 1.83. The summed E-state index contributed by atoms with van der Waals surface area (Å²) in [7, 11) is 0. The topological polar surface area (TPSA) is 22.0 Å². The van der Waals surface area contributed by atoms with Crippen molar-refractivity contribution in [3.63, 3.8) is 0 Å². The van der Waals surface area contributed by atoms with Crippen LogP contribution in [-0.2, 0) is 6.54 Å². The first-order valence-electron chi connectivity index (χ1n) is 5.45. The van der Waals surface area contributed by atoms with Crippen LogP contribution in [0.15, 0.2) is 58.8 Å². The number of hydrogen-bond acceptors (Lipinski definition) is 2. The van der Waals surface area contributed by atoms with E-state index in [0.717, 1.165) is 0 Å². The lowest BCUT2D eigenvalue weighted by Gasteiger charge is -2.03. The molecule has 2 aromatic heterocycles.